The number of nitrogens with one attached hydrogen (secondary N) is 1. The highest BCUT2D eigenvalue weighted by molar-refractivity contribution is 6.30. The van der Waals surface area contributed by atoms with Crippen molar-refractivity contribution >= 4 is 17.3 Å². The lowest BCUT2D eigenvalue weighted by atomic mass is 10.2. The molecule has 0 amide bonds. The van der Waals surface area contributed by atoms with E-state index in [0.717, 1.165) is 42.5 Å². The van der Waals surface area contributed by atoms with Gasteiger partial charge in [0.25, 0.3) is 0 Å². The van der Waals surface area contributed by atoms with Crippen LogP contribution in [0.5, 0.6) is 5.75 Å². The SMILES string of the molecule is Clc1ccc2c(c1)OCCCCN2. The third-order valence-electron chi connectivity index (χ3n) is 2.09. The lowest BCUT2D eigenvalue weighted by Crippen LogP contribution is -2.10. The molecule has 0 spiro atoms. The Morgan fingerprint density at radius 2 is 2.23 bits per heavy atom. The van der Waals surface area contributed by atoms with Gasteiger partial charge in [-0.2, -0.15) is 0 Å². The highest BCUT2D eigenvalue weighted by atomic mass is 35.5. The first-order valence-electron chi connectivity index (χ1n) is 4.52. The minimum atomic E-state index is 0.723. The first-order valence-corrected chi connectivity index (χ1v) is 4.90. The molecule has 0 fully saturated rings. The molecule has 1 heterocycles. The second-order valence-corrected chi connectivity index (χ2v) is 3.56. The molecule has 1 aromatic rings. The van der Waals surface area contributed by atoms with E-state index in [1.807, 2.05) is 18.2 Å². The zero-order chi connectivity index (χ0) is 9.10. The molecule has 0 saturated heterocycles. The molecule has 1 aromatic carbocycles. The predicted molar refractivity (Wildman–Crippen MR) is 54.7 cm³/mol. The van der Waals surface area contributed by atoms with E-state index in [1.54, 1.807) is 0 Å². The number of benzene rings is 1. The van der Waals surface area contributed by atoms with Gasteiger partial charge < -0.3 is 10.1 Å². The van der Waals surface area contributed by atoms with Crippen LogP contribution in [-0.2, 0) is 0 Å². The van der Waals surface area contributed by atoms with Gasteiger partial charge in [0.05, 0.1) is 12.3 Å². The predicted octanol–water partition coefficient (Wildman–Crippen LogP) is 2.92. The second-order valence-electron chi connectivity index (χ2n) is 3.12. The van der Waals surface area contributed by atoms with E-state index in [0.29, 0.717) is 0 Å². The fraction of sp³-hybridized carbons (Fsp3) is 0.400. The number of rotatable bonds is 0. The molecule has 13 heavy (non-hydrogen) atoms. The Kier molecular flexibility index (Phi) is 2.60. The first kappa shape index (κ1) is 8.70. The molecule has 0 bridgehead atoms. The van der Waals surface area contributed by atoms with Crippen LogP contribution in [0.15, 0.2) is 18.2 Å². The van der Waals surface area contributed by atoms with Crippen molar-refractivity contribution in [2.75, 3.05) is 18.5 Å². The Morgan fingerprint density at radius 3 is 3.15 bits per heavy atom. The van der Waals surface area contributed by atoms with Crippen LogP contribution in [0.3, 0.4) is 0 Å². The van der Waals surface area contributed by atoms with Gasteiger partial charge in [-0.05, 0) is 25.0 Å². The summed E-state index contributed by atoms with van der Waals surface area (Å²) in [5.41, 5.74) is 1.05. The van der Waals surface area contributed by atoms with Crippen LogP contribution in [0.25, 0.3) is 0 Å². The van der Waals surface area contributed by atoms with E-state index in [4.69, 9.17) is 16.3 Å². The molecule has 0 saturated carbocycles. The van der Waals surface area contributed by atoms with Gasteiger partial charge in [0.2, 0.25) is 0 Å². The lowest BCUT2D eigenvalue weighted by molar-refractivity contribution is 0.306. The molecule has 2 nitrogen and oxygen atoms in total. The average molecular weight is 198 g/mol. The van der Waals surface area contributed by atoms with Crippen molar-refractivity contribution in [3.05, 3.63) is 23.2 Å². The molecule has 0 radical (unpaired) electrons. The Bertz CT molecular complexity index is 301. The standard InChI is InChI=1S/C10H12ClNO/c11-8-3-4-9-10(7-8)13-6-2-1-5-12-9/h3-4,7,12H,1-2,5-6H2. The first-order chi connectivity index (χ1) is 6.36. The molecule has 3 heteroatoms. The van der Waals surface area contributed by atoms with Gasteiger partial charge in [0.15, 0.2) is 0 Å². The van der Waals surface area contributed by atoms with Crippen LogP contribution in [0.4, 0.5) is 5.69 Å². The van der Waals surface area contributed by atoms with Gasteiger partial charge in [-0.1, -0.05) is 11.6 Å². The number of halogens is 1. The van der Waals surface area contributed by atoms with E-state index in [2.05, 4.69) is 5.32 Å². The summed E-state index contributed by atoms with van der Waals surface area (Å²) in [6.07, 6.45) is 2.25. The quantitative estimate of drug-likeness (QED) is 0.691. The van der Waals surface area contributed by atoms with E-state index < -0.39 is 0 Å². The molecule has 2 rings (SSSR count). The van der Waals surface area contributed by atoms with E-state index in [1.165, 1.54) is 0 Å². The third kappa shape index (κ3) is 2.07. The van der Waals surface area contributed by atoms with E-state index >= 15 is 0 Å². The third-order valence-corrected chi connectivity index (χ3v) is 2.32. The van der Waals surface area contributed by atoms with Gasteiger partial charge >= 0.3 is 0 Å². The van der Waals surface area contributed by atoms with Gasteiger partial charge in [0.1, 0.15) is 5.75 Å². The smallest absolute Gasteiger partial charge is 0.143 e. The van der Waals surface area contributed by atoms with Crippen LogP contribution < -0.4 is 10.1 Å². The summed E-state index contributed by atoms with van der Waals surface area (Å²) in [6, 6.07) is 5.69. The van der Waals surface area contributed by atoms with Crippen molar-refractivity contribution in [1.29, 1.82) is 0 Å². The zero-order valence-electron chi connectivity index (χ0n) is 7.35. The van der Waals surface area contributed by atoms with Crippen molar-refractivity contribution in [2.45, 2.75) is 12.8 Å². The Hall–Kier alpha value is -0.890. The van der Waals surface area contributed by atoms with Crippen molar-refractivity contribution < 1.29 is 4.74 Å². The van der Waals surface area contributed by atoms with Crippen LogP contribution >= 0.6 is 11.6 Å². The Labute approximate surface area is 82.9 Å². The molecular weight excluding hydrogens is 186 g/mol. The monoisotopic (exact) mass is 197 g/mol. The second kappa shape index (κ2) is 3.88. The number of hydrogen-bond donors (Lipinski definition) is 1. The Balaban J connectivity index is 2.28. The highest BCUT2D eigenvalue weighted by Gasteiger charge is 2.06. The molecule has 0 unspecified atom stereocenters. The maximum absolute atomic E-state index is 5.86. The minimum Gasteiger partial charge on any atom is -0.491 e. The van der Waals surface area contributed by atoms with E-state index in [9.17, 15) is 0 Å². The van der Waals surface area contributed by atoms with Gasteiger partial charge in [-0.15, -0.1) is 0 Å². The zero-order valence-corrected chi connectivity index (χ0v) is 8.10. The maximum Gasteiger partial charge on any atom is 0.143 e. The fourth-order valence-corrected chi connectivity index (χ4v) is 1.56. The summed E-state index contributed by atoms with van der Waals surface area (Å²) in [5.74, 6) is 0.868. The topological polar surface area (TPSA) is 21.3 Å². The Morgan fingerprint density at radius 1 is 1.31 bits per heavy atom. The van der Waals surface area contributed by atoms with Crippen molar-refractivity contribution in [2.24, 2.45) is 0 Å². The molecule has 0 atom stereocenters. The molecule has 1 N–H and O–H groups in total. The summed E-state index contributed by atoms with van der Waals surface area (Å²) in [4.78, 5) is 0. The van der Waals surface area contributed by atoms with Crippen LogP contribution in [0.1, 0.15) is 12.8 Å². The van der Waals surface area contributed by atoms with Crippen molar-refractivity contribution in [3.63, 3.8) is 0 Å². The van der Waals surface area contributed by atoms with Crippen molar-refractivity contribution in [1.82, 2.24) is 0 Å². The van der Waals surface area contributed by atoms with Crippen LogP contribution in [0, 0.1) is 0 Å². The minimum absolute atomic E-state index is 0.723. The van der Waals surface area contributed by atoms with E-state index in [-0.39, 0.29) is 0 Å². The van der Waals surface area contributed by atoms with Gasteiger partial charge in [0, 0.05) is 17.6 Å². The normalized spacial score (nSPS) is 16.1. The summed E-state index contributed by atoms with van der Waals surface area (Å²) in [7, 11) is 0. The summed E-state index contributed by atoms with van der Waals surface area (Å²) in [6.45, 7) is 1.80. The number of anilines is 1. The number of ether oxygens (including phenoxy) is 1. The van der Waals surface area contributed by atoms with Crippen LogP contribution in [-0.4, -0.2) is 13.2 Å². The van der Waals surface area contributed by atoms with Gasteiger partial charge in [-0.3, -0.25) is 0 Å². The summed E-state index contributed by atoms with van der Waals surface area (Å²) in [5, 5.41) is 4.03. The average Bonchev–Trinajstić information content (AvgIpc) is 2.08. The molecule has 0 aliphatic carbocycles. The largest absolute Gasteiger partial charge is 0.491 e. The maximum atomic E-state index is 5.86. The molecular formula is C10H12ClNO. The molecule has 70 valence electrons. The number of hydrogen-bond acceptors (Lipinski definition) is 2. The number of fused-ring (bicyclic) bond motifs is 1. The van der Waals surface area contributed by atoms with Gasteiger partial charge in [-0.25, -0.2) is 0 Å². The molecule has 0 aromatic heterocycles. The summed E-state index contributed by atoms with van der Waals surface area (Å²) >= 11 is 5.86. The lowest BCUT2D eigenvalue weighted by Gasteiger charge is -2.16. The molecule has 1 aliphatic heterocycles. The molecule has 1 aliphatic rings. The van der Waals surface area contributed by atoms with Crippen LogP contribution in [0.2, 0.25) is 5.02 Å². The fourth-order valence-electron chi connectivity index (χ4n) is 1.39. The highest BCUT2D eigenvalue weighted by Crippen LogP contribution is 2.29. The van der Waals surface area contributed by atoms with Crippen molar-refractivity contribution in [3.8, 4) is 5.75 Å². The summed E-state index contributed by atoms with van der Waals surface area (Å²) < 4.78 is 5.56.